The highest BCUT2D eigenvalue weighted by Crippen LogP contribution is 2.35. The van der Waals surface area contributed by atoms with Crippen LogP contribution in [0.1, 0.15) is 46.9 Å². The molecule has 1 amide bonds. The number of rotatable bonds is 7. The Kier molecular flexibility index (Phi) is 6.80. The largest absolute Gasteiger partial charge is 0.353 e. The number of carbonyl (C=O) groups excluding carboxylic acids is 1. The minimum atomic E-state index is 0.129. The Bertz CT molecular complexity index is 1020. The predicted molar refractivity (Wildman–Crippen MR) is 131 cm³/mol. The van der Waals surface area contributed by atoms with Gasteiger partial charge in [0.05, 0.1) is 0 Å². The SMILES string of the molecule is Cc1ccc([C@H]2CN(Cc3cccn3C)C[C@@H]2CN(C(=O)c2ccccc2)C(C)C)cc1. The van der Waals surface area contributed by atoms with Gasteiger partial charge in [0.15, 0.2) is 0 Å². The van der Waals surface area contributed by atoms with Gasteiger partial charge in [0.2, 0.25) is 0 Å². The number of aromatic nitrogens is 1. The molecule has 1 aromatic heterocycles. The van der Waals surface area contributed by atoms with Crippen molar-refractivity contribution in [2.75, 3.05) is 19.6 Å². The third kappa shape index (κ3) is 4.97. The standard InChI is InChI=1S/C28H35N3O/c1-21(2)31(28(32)24-9-6-5-7-10-24)18-25-17-30(19-26-11-8-16-29(26)4)20-27(25)23-14-12-22(3)13-15-23/h5-16,21,25,27H,17-20H2,1-4H3/t25-,27-/m1/s1. The molecular formula is C28H35N3O. The summed E-state index contributed by atoms with van der Waals surface area (Å²) < 4.78 is 2.20. The molecular weight excluding hydrogens is 394 g/mol. The molecule has 0 radical (unpaired) electrons. The van der Waals surface area contributed by atoms with Gasteiger partial charge in [0.25, 0.3) is 5.91 Å². The molecule has 4 nitrogen and oxygen atoms in total. The molecule has 2 heterocycles. The van der Waals surface area contributed by atoms with Crippen molar-refractivity contribution in [3.05, 3.63) is 95.3 Å². The van der Waals surface area contributed by atoms with Crippen LogP contribution in [0.4, 0.5) is 0 Å². The number of amides is 1. The molecule has 4 rings (SSSR count). The second-order valence-electron chi connectivity index (χ2n) is 9.50. The molecule has 0 bridgehead atoms. The minimum absolute atomic E-state index is 0.129. The van der Waals surface area contributed by atoms with E-state index in [1.807, 2.05) is 30.3 Å². The molecule has 0 saturated carbocycles. The average molecular weight is 430 g/mol. The zero-order valence-electron chi connectivity index (χ0n) is 19.7. The number of benzene rings is 2. The maximum atomic E-state index is 13.4. The number of nitrogens with zero attached hydrogens (tertiary/aromatic N) is 3. The molecule has 2 atom stereocenters. The Morgan fingerprint density at radius 3 is 2.34 bits per heavy atom. The first-order valence-corrected chi connectivity index (χ1v) is 11.7. The fourth-order valence-corrected chi connectivity index (χ4v) is 4.88. The summed E-state index contributed by atoms with van der Waals surface area (Å²) in [6, 6.07) is 23.1. The average Bonchev–Trinajstić information content (AvgIpc) is 3.38. The normalized spacial score (nSPS) is 18.9. The molecule has 1 aliphatic heterocycles. The van der Waals surface area contributed by atoms with E-state index in [4.69, 9.17) is 0 Å². The number of carbonyl (C=O) groups is 1. The van der Waals surface area contributed by atoms with Gasteiger partial charge in [-0.1, -0.05) is 48.0 Å². The van der Waals surface area contributed by atoms with Crippen molar-refractivity contribution in [3.63, 3.8) is 0 Å². The third-order valence-corrected chi connectivity index (χ3v) is 6.80. The first-order chi connectivity index (χ1) is 15.4. The zero-order chi connectivity index (χ0) is 22.7. The van der Waals surface area contributed by atoms with Gasteiger partial charge in [-0.2, -0.15) is 0 Å². The van der Waals surface area contributed by atoms with Gasteiger partial charge in [0.1, 0.15) is 0 Å². The lowest BCUT2D eigenvalue weighted by Crippen LogP contribution is -2.42. The maximum Gasteiger partial charge on any atom is 0.254 e. The maximum absolute atomic E-state index is 13.4. The van der Waals surface area contributed by atoms with E-state index in [1.165, 1.54) is 16.8 Å². The molecule has 3 aromatic rings. The highest BCUT2D eigenvalue weighted by molar-refractivity contribution is 5.94. The van der Waals surface area contributed by atoms with Crippen molar-refractivity contribution in [1.29, 1.82) is 0 Å². The molecule has 4 heteroatoms. The van der Waals surface area contributed by atoms with E-state index in [9.17, 15) is 4.79 Å². The van der Waals surface area contributed by atoms with Gasteiger partial charge in [0, 0.05) is 62.6 Å². The monoisotopic (exact) mass is 429 g/mol. The van der Waals surface area contributed by atoms with Gasteiger partial charge >= 0.3 is 0 Å². The summed E-state index contributed by atoms with van der Waals surface area (Å²) in [6.07, 6.45) is 2.11. The van der Waals surface area contributed by atoms with Crippen LogP contribution in [-0.2, 0) is 13.6 Å². The van der Waals surface area contributed by atoms with Crippen molar-refractivity contribution in [2.45, 2.75) is 39.3 Å². The van der Waals surface area contributed by atoms with Crippen LogP contribution in [0.2, 0.25) is 0 Å². The van der Waals surface area contributed by atoms with Crippen LogP contribution in [0.5, 0.6) is 0 Å². The Labute approximate surface area is 192 Å². The van der Waals surface area contributed by atoms with Crippen LogP contribution in [0.3, 0.4) is 0 Å². The Balaban J connectivity index is 1.58. The lowest BCUT2D eigenvalue weighted by atomic mass is 9.88. The topological polar surface area (TPSA) is 28.5 Å². The van der Waals surface area contributed by atoms with Gasteiger partial charge in [-0.05, 0) is 56.5 Å². The highest BCUT2D eigenvalue weighted by atomic mass is 16.2. The molecule has 0 aliphatic carbocycles. The summed E-state index contributed by atoms with van der Waals surface area (Å²) in [4.78, 5) is 18.0. The number of aryl methyl sites for hydroxylation is 2. The summed E-state index contributed by atoms with van der Waals surface area (Å²) in [6.45, 7) is 10.1. The zero-order valence-corrected chi connectivity index (χ0v) is 19.7. The predicted octanol–water partition coefficient (Wildman–Crippen LogP) is 5.10. The lowest BCUT2D eigenvalue weighted by molar-refractivity contribution is 0.0668. The summed E-state index contributed by atoms with van der Waals surface area (Å²) >= 11 is 0. The molecule has 0 spiro atoms. The molecule has 1 aliphatic rings. The molecule has 2 aromatic carbocycles. The molecule has 168 valence electrons. The molecule has 1 saturated heterocycles. The van der Waals surface area contributed by atoms with E-state index in [0.29, 0.717) is 11.8 Å². The molecule has 32 heavy (non-hydrogen) atoms. The van der Waals surface area contributed by atoms with Crippen LogP contribution in [0.15, 0.2) is 72.9 Å². The fourth-order valence-electron chi connectivity index (χ4n) is 4.88. The van der Waals surface area contributed by atoms with Gasteiger partial charge < -0.3 is 9.47 Å². The van der Waals surface area contributed by atoms with Crippen LogP contribution < -0.4 is 0 Å². The molecule has 0 unspecified atom stereocenters. The summed E-state index contributed by atoms with van der Waals surface area (Å²) in [5, 5.41) is 0. The molecule has 1 fully saturated rings. The third-order valence-electron chi connectivity index (χ3n) is 6.80. The summed E-state index contributed by atoms with van der Waals surface area (Å²) in [7, 11) is 2.11. The van der Waals surface area contributed by atoms with Crippen LogP contribution in [0.25, 0.3) is 0 Å². The second-order valence-corrected chi connectivity index (χ2v) is 9.50. The van der Waals surface area contributed by atoms with Crippen molar-refractivity contribution < 1.29 is 4.79 Å². The first kappa shape index (κ1) is 22.3. The van der Waals surface area contributed by atoms with E-state index < -0.39 is 0 Å². The fraction of sp³-hybridized carbons (Fsp3) is 0.393. The smallest absolute Gasteiger partial charge is 0.254 e. The van der Waals surface area contributed by atoms with E-state index in [0.717, 1.165) is 31.7 Å². The van der Waals surface area contributed by atoms with E-state index in [2.05, 4.69) is 84.8 Å². The number of hydrogen-bond acceptors (Lipinski definition) is 2. The molecule has 0 N–H and O–H groups in total. The van der Waals surface area contributed by atoms with Gasteiger partial charge in [-0.25, -0.2) is 0 Å². The van der Waals surface area contributed by atoms with Gasteiger partial charge in [-0.3, -0.25) is 9.69 Å². The van der Waals surface area contributed by atoms with E-state index >= 15 is 0 Å². The highest BCUT2D eigenvalue weighted by Gasteiger charge is 2.36. The van der Waals surface area contributed by atoms with E-state index in [1.54, 1.807) is 0 Å². The number of hydrogen-bond donors (Lipinski definition) is 0. The van der Waals surface area contributed by atoms with Crippen LogP contribution in [-0.4, -0.2) is 46.0 Å². The van der Waals surface area contributed by atoms with Crippen LogP contribution >= 0.6 is 0 Å². The van der Waals surface area contributed by atoms with Crippen molar-refractivity contribution >= 4 is 5.91 Å². The van der Waals surface area contributed by atoms with Crippen molar-refractivity contribution in [3.8, 4) is 0 Å². The van der Waals surface area contributed by atoms with Crippen LogP contribution in [0, 0.1) is 12.8 Å². The first-order valence-electron chi connectivity index (χ1n) is 11.7. The number of likely N-dealkylation sites (tertiary alicyclic amines) is 1. The Morgan fingerprint density at radius 2 is 1.72 bits per heavy atom. The van der Waals surface area contributed by atoms with E-state index in [-0.39, 0.29) is 11.9 Å². The Hall–Kier alpha value is -2.85. The minimum Gasteiger partial charge on any atom is -0.353 e. The van der Waals surface area contributed by atoms with Gasteiger partial charge in [-0.15, -0.1) is 0 Å². The second kappa shape index (κ2) is 9.74. The summed E-state index contributed by atoms with van der Waals surface area (Å²) in [5.74, 6) is 0.942. The van der Waals surface area contributed by atoms with Crippen molar-refractivity contribution in [1.82, 2.24) is 14.4 Å². The summed E-state index contributed by atoms with van der Waals surface area (Å²) in [5.41, 5.74) is 4.76. The quantitative estimate of drug-likeness (QED) is 0.523. The van der Waals surface area contributed by atoms with Crippen molar-refractivity contribution in [2.24, 2.45) is 13.0 Å². The lowest BCUT2D eigenvalue weighted by Gasteiger charge is -2.32. The Morgan fingerprint density at radius 1 is 1.00 bits per heavy atom.